The van der Waals surface area contributed by atoms with Crippen molar-refractivity contribution in [1.82, 2.24) is 20.3 Å². The number of aromatic nitrogens is 3. The summed E-state index contributed by atoms with van der Waals surface area (Å²) in [5, 5.41) is 3.46. The molecule has 1 amide bonds. The fourth-order valence-electron chi connectivity index (χ4n) is 1.37. The molecule has 0 aliphatic rings. The highest BCUT2D eigenvalue weighted by atomic mass is 35.5. The fourth-order valence-corrected chi connectivity index (χ4v) is 1.88. The van der Waals surface area contributed by atoms with Gasteiger partial charge in [-0.15, -0.1) is 0 Å². The maximum absolute atomic E-state index is 12.0. The van der Waals surface area contributed by atoms with Crippen molar-refractivity contribution in [2.75, 3.05) is 6.26 Å². The third-order valence-electron chi connectivity index (χ3n) is 2.28. The third-order valence-corrected chi connectivity index (χ3v) is 3.11. The lowest BCUT2D eigenvalue weighted by Crippen LogP contribution is -2.25. The molecule has 2 aromatic heterocycles. The number of thioether (sulfide) groups is 1. The van der Waals surface area contributed by atoms with E-state index in [-0.39, 0.29) is 16.6 Å². The number of pyridine rings is 1. The first kappa shape index (κ1) is 13.8. The Bertz CT molecular complexity index is 579. The quantitative estimate of drug-likeness (QED) is 0.691. The lowest BCUT2D eigenvalue weighted by molar-refractivity contribution is 0.0944. The molecule has 0 atom stereocenters. The van der Waals surface area contributed by atoms with Crippen molar-refractivity contribution in [2.45, 2.75) is 11.7 Å². The topological polar surface area (TPSA) is 67.8 Å². The van der Waals surface area contributed by atoms with E-state index in [1.54, 1.807) is 6.20 Å². The van der Waals surface area contributed by atoms with Crippen LogP contribution in [0.15, 0.2) is 35.7 Å². The molecule has 0 aliphatic heterocycles. The van der Waals surface area contributed by atoms with Crippen molar-refractivity contribution in [3.8, 4) is 0 Å². The van der Waals surface area contributed by atoms with Crippen molar-refractivity contribution in [3.63, 3.8) is 0 Å². The molecule has 0 aromatic carbocycles. The summed E-state index contributed by atoms with van der Waals surface area (Å²) in [5.74, 6) is -0.339. The van der Waals surface area contributed by atoms with Gasteiger partial charge in [0.05, 0.1) is 23.5 Å². The summed E-state index contributed by atoms with van der Waals surface area (Å²) < 4.78 is 0. The first-order valence-corrected chi connectivity index (χ1v) is 7.05. The van der Waals surface area contributed by atoms with Gasteiger partial charge in [-0.3, -0.25) is 9.78 Å². The number of carbonyl (C=O) groups excluding carboxylic acids is 1. The van der Waals surface area contributed by atoms with Crippen LogP contribution in [0.1, 0.15) is 16.2 Å². The van der Waals surface area contributed by atoms with E-state index in [2.05, 4.69) is 20.3 Å². The number of carbonyl (C=O) groups is 1. The summed E-state index contributed by atoms with van der Waals surface area (Å²) in [4.78, 5) is 24.2. The van der Waals surface area contributed by atoms with Crippen LogP contribution in [0, 0.1) is 0 Å². The van der Waals surface area contributed by atoms with Gasteiger partial charge in [-0.25, -0.2) is 9.97 Å². The minimum absolute atomic E-state index is 0.178. The van der Waals surface area contributed by atoms with Crippen LogP contribution in [-0.4, -0.2) is 27.1 Å². The molecular weight excluding hydrogens is 284 g/mol. The van der Waals surface area contributed by atoms with Gasteiger partial charge in [0.25, 0.3) is 5.91 Å². The van der Waals surface area contributed by atoms with E-state index in [4.69, 9.17) is 11.6 Å². The van der Waals surface area contributed by atoms with Gasteiger partial charge in [0.1, 0.15) is 0 Å². The predicted octanol–water partition coefficient (Wildman–Crippen LogP) is 2.18. The van der Waals surface area contributed by atoms with Gasteiger partial charge in [-0.1, -0.05) is 29.4 Å². The minimum Gasteiger partial charge on any atom is -0.345 e. The largest absolute Gasteiger partial charge is 0.345 e. The van der Waals surface area contributed by atoms with Gasteiger partial charge in [-0.2, -0.15) is 0 Å². The first-order chi connectivity index (χ1) is 9.20. The van der Waals surface area contributed by atoms with Crippen LogP contribution in [0.3, 0.4) is 0 Å². The van der Waals surface area contributed by atoms with E-state index in [9.17, 15) is 4.79 Å². The molecule has 0 bridgehead atoms. The van der Waals surface area contributed by atoms with Gasteiger partial charge in [0.15, 0.2) is 10.9 Å². The second-order valence-corrected chi connectivity index (χ2v) is 4.74. The predicted molar refractivity (Wildman–Crippen MR) is 74.2 cm³/mol. The highest BCUT2D eigenvalue weighted by Gasteiger charge is 2.13. The average molecular weight is 295 g/mol. The Labute approximate surface area is 119 Å². The summed E-state index contributed by atoms with van der Waals surface area (Å²) in [6, 6.07) is 5.50. The molecule has 0 aliphatic carbocycles. The highest BCUT2D eigenvalue weighted by molar-refractivity contribution is 7.98. The fraction of sp³-hybridized carbons (Fsp3) is 0.167. The molecule has 7 heteroatoms. The zero-order valence-corrected chi connectivity index (χ0v) is 11.7. The van der Waals surface area contributed by atoms with Crippen LogP contribution in [0.4, 0.5) is 0 Å². The molecule has 1 N–H and O–H groups in total. The smallest absolute Gasteiger partial charge is 0.271 e. The molecule has 5 nitrogen and oxygen atoms in total. The summed E-state index contributed by atoms with van der Waals surface area (Å²) >= 11 is 7.27. The highest BCUT2D eigenvalue weighted by Crippen LogP contribution is 2.16. The zero-order chi connectivity index (χ0) is 13.7. The number of halogens is 1. The number of rotatable bonds is 4. The summed E-state index contributed by atoms with van der Waals surface area (Å²) in [5.41, 5.74) is 0.947. The van der Waals surface area contributed by atoms with Crippen molar-refractivity contribution < 1.29 is 4.79 Å². The third kappa shape index (κ3) is 3.65. The van der Waals surface area contributed by atoms with E-state index < -0.39 is 0 Å². The summed E-state index contributed by atoms with van der Waals surface area (Å²) in [6.45, 7) is 0.328. The van der Waals surface area contributed by atoms with E-state index in [0.29, 0.717) is 11.7 Å². The molecule has 2 aromatic rings. The molecule has 0 spiro atoms. The average Bonchev–Trinajstić information content (AvgIpc) is 2.46. The number of hydrogen-bond acceptors (Lipinski definition) is 5. The van der Waals surface area contributed by atoms with Crippen molar-refractivity contribution >= 4 is 29.3 Å². The first-order valence-electron chi connectivity index (χ1n) is 5.45. The second-order valence-electron chi connectivity index (χ2n) is 3.56. The molecule has 0 saturated carbocycles. The minimum atomic E-state index is -0.339. The number of hydrogen-bond donors (Lipinski definition) is 1. The van der Waals surface area contributed by atoms with E-state index in [1.165, 1.54) is 18.0 Å². The second kappa shape index (κ2) is 6.49. The van der Waals surface area contributed by atoms with E-state index in [1.807, 2.05) is 24.5 Å². The van der Waals surface area contributed by atoms with Crippen molar-refractivity contribution in [2.24, 2.45) is 0 Å². The van der Waals surface area contributed by atoms with E-state index in [0.717, 1.165) is 5.69 Å². The van der Waals surface area contributed by atoms with E-state index >= 15 is 0 Å². The monoisotopic (exact) mass is 294 g/mol. The van der Waals surface area contributed by atoms with Gasteiger partial charge >= 0.3 is 0 Å². The Morgan fingerprint density at radius 1 is 1.42 bits per heavy atom. The molecular formula is C12H11ClN4OS. The molecule has 2 rings (SSSR count). The summed E-state index contributed by atoms with van der Waals surface area (Å²) in [6.07, 6.45) is 4.93. The van der Waals surface area contributed by atoms with Gasteiger partial charge in [0, 0.05) is 6.20 Å². The van der Waals surface area contributed by atoms with Crippen LogP contribution in [-0.2, 0) is 6.54 Å². The Hall–Kier alpha value is -1.66. The van der Waals surface area contributed by atoms with Gasteiger partial charge < -0.3 is 5.32 Å². The molecule has 2 heterocycles. The standard InChI is InChI=1S/C12H11ClN4OS/c1-19-12-16-7-9(13)10(17-12)11(18)15-6-8-4-2-3-5-14-8/h2-5,7H,6H2,1H3,(H,15,18). The molecule has 0 radical (unpaired) electrons. The maximum Gasteiger partial charge on any atom is 0.271 e. The van der Waals surface area contributed by atoms with Crippen LogP contribution in [0.2, 0.25) is 5.02 Å². The molecule has 0 unspecified atom stereocenters. The molecule has 0 fully saturated rings. The van der Waals surface area contributed by atoms with Crippen LogP contribution in [0.5, 0.6) is 0 Å². The van der Waals surface area contributed by atoms with Gasteiger partial charge in [0.2, 0.25) is 0 Å². The Balaban J connectivity index is 2.08. The SMILES string of the molecule is CSc1ncc(Cl)c(C(=O)NCc2ccccn2)n1. The zero-order valence-electron chi connectivity index (χ0n) is 10.1. The Kier molecular flexibility index (Phi) is 4.70. The molecule has 19 heavy (non-hydrogen) atoms. The lowest BCUT2D eigenvalue weighted by Gasteiger charge is -2.06. The Morgan fingerprint density at radius 2 is 2.26 bits per heavy atom. The Morgan fingerprint density at radius 3 is 2.95 bits per heavy atom. The van der Waals surface area contributed by atoms with Crippen molar-refractivity contribution in [1.29, 1.82) is 0 Å². The number of nitrogens with one attached hydrogen (secondary N) is 1. The van der Waals surface area contributed by atoms with Crippen LogP contribution >= 0.6 is 23.4 Å². The molecule has 0 saturated heterocycles. The maximum atomic E-state index is 12.0. The summed E-state index contributed by atoms with van der Waals surface area (Å²) in [7, 11) is 0. The van der Waals surface area contributed by atoms with Crippen molar-refractivity contribution in [3.05, 3.63) is 47.0 Å². The number of nitrogens with zero attached hydrogens (tertiary/aromatic N) is 3. The van der Waals surface area contributed by atoms with Crippen LogP contribution in [0.25, 0.3) is 0 Å². The normalized spacial score (nSPS) is 10.2. The number of amides is 1. The molecule has 98 valence electrons. The van der Waals surface area contributed by atoms with Crippen LogP contribution < -0.4 is 5.32 Å². The van der Waals surface area contributed by atoms with Gasteiger partial charge in [-0.05, 0) is 18.4 Å². The lowest BCUT2D eigenvalue weighted by atomic mass is 10.3.